The molecule has 0 aliphatic carbocycles. The van der Waals surface area contributed by atoms with E-state index >= 15 is 0 Å². The first-order valence-corrected chi connectivity index (χ1v) is 4.41. The minimum Gasteiger partial charge on any atom is -0.491 e. The molecule has 3 heteroatoms. The van der Waals surface area contributed by atoms with Crippen LogP contribution in [0.2, 0.25) is 0 Å². The molecule has 0 saturated carbocycles. The Morgan fingerprint density at radius 1 is 1.31 bits per heavy atom. The van der Waals surface area contributed by atoms with Crippen LogP contribution in [0.3, 0.4) is 0 Å². The van der Waals surface area contributed by atoms with Crippen LogP contribution < -0.4 is 10.1 Å². The van der Waals surface area contributed by atoms with Gasteiger partial charge >= 0.3 is 0 Å². The normalized spacial score (nSPS) is 14.2. The van der Waals surface area contributed by atoms with E-state index in [9.17, 15) is 4.39 Å². The third kappa shape index (κ3) is 1.80. The Kier molecular flexibility index (Phi) is 2.45. The highest BCUT2D eigenvalue weighted by Crippen LogP contribution is 2.21. The molecule has 2 rings (SSSR count). The lowest BCUT2D eigenvalue weighted by Gasteiger charge is -2.05. The molecule has 70 valence electrons. The van der Waals surface area contributed by atoms with Gasteiger partial charge in [0.05, 0.1) is 0 Å². The summed E-state index contributed by atoms with van der Waals surface area (Å²) < 4.78 is 17.0. The van der Waals surface area contributed by atoms with Gasteiger partial charge < -0.3 is 10.1 Å². The smallest absolute Gasteiger partial charge is 0.123 e. The van der Waals surface area contributed by atoms with Crippen LogP contribution in [0.1, 0.15) is 11.1 Å². The molecule has 1 aliphatic heterocycles. The largest absolute Gasteiger partial charge is 0.491 e. The van der Waals surface area contributed by atoms with Gasteiger partial charge in [-0.2, -0.15) is 0 Å². The van der Waals surface area contributed by atoms with E-state index in [0.29, 0.717) is 0 Å². The Morgan fingerprint density at radius 2 is 2.15 bits per heavy atom. The predicted octanol–water partition coefficient (Wildman–Crippen LogP) is 1.64. The molecule has 0 fully saturated rings. The standard InChI is InChI=1S/C10H12FNO/c11-3-4-13-10-2-1-8-6-12-7-9(8)5-10/h1-2,5,12H,3-4,6-7H2. The molecular weight excluding hydrogens is 169 g/mol. The van der Waals surface area contributed by atoms with Gasteiger partial charge in [-0.15, -0.1) is 0 Å². The van der Waals surface area contributed by atoms with Gasteiger partial charge in [0.2, 0.25) is 0 Å². The Morgan fingerprint density at radius 3 is 3.00 bits per heavy atom. The molecule has 2 nitrogen and oxygen atoms in total. The lowest BCUT2D eigenvalue weighted by Crippen LogP contribution is -2.00. The summed E-state index contributed by atoms with van der Waals surface area (Å²) in [5, 5.41) is 3.24. The minimum absolute atomic E-state index is 0.145. The zero-order valence-corrected chi connectivity index (χ0v) is 7.35. The summed E-state index contributed by atoms with van der Waals surface area (Å²) in [6, 6.07) is 5.90. The highest BCUT2D eigenvalue weighted by molar-refractivity contribution is 5.37. The molecule has 1 heterocycles. The number of hydrogen-bond donors (Lipinski definition) is 1. The molecule has 0 radical (unpaired) electrons. The average Bonchev–Trinajstić information content (AvgIpc) is 2.61. The zero-order chi connectivity index (χ0) is 9.10. The van der Waals surface area contributed by atoms with Crippen molar-refractivity contribution < 1.29 is 9.13 Å². The van der Waals surface area contributed by atoms with Crippen LogP contribution >= 0.6 is 0 Å². The lowest BCUT2D eigenvalue weighted by molar-refractivity contribution is 0.273. The zero-order valence-electron chi connectivity index (χ0n) is 7.35. The van der Waals surface area contributed by atoms with Crippen molar-refractivity contribution in [2.75, 3.05) is 13.3 Å². The van der Waals surface area contributed by atoms with Gasteiger partial charge in [0, 0.05) is 13.1 Å². The molecule has 1 aromatic carbocycles. The quantitative estimate of drug-likeness (QED) is 0.765. The van der Waals surface area contributed by atoms with Gasteiger partial charge in [-0.1, -0.05) is 6.07 Å². The Labute approximate surface area is 76.7 Å². The number of benzene rings is 1. The summed E-state index contributed by atoms with van der Waals surface area (Å²) in [6.45, 7) is 1.53. The van der Waals surface area contributed by atoms with Crippen LogP contribution in [0.5, 0.6) is 5.75 Å². The maximum absolute atomic E-state index is 11.8. The maximum Gasteiger partial charge on any atom is 0.123 e. The lowest BCUT2D eigenvalue weighted by atomic mass is 10.1. The Hall–Kier alpha value is -1.09. The van der Waals surface area contributed by atoms with E-state index in [1.54, 1.807) is 0 Å². The average molecular weight is 181 g/mol. The molecule has 0 saturated heterocycles. The van der Waals surface area contributed by atoms with Crippen LogP contribution in [0.15, 0.2) is 18.2 Å². The second kappa shape index (κ2) is 3.75. The van der Waals surface area contributed by atoms with Gasteiger partial charge in [-0.05, 0) is 23.3 Å². The third-order valence-electron chi connectivity index (χ3n) is 2.15. The summed E-state index contributed by atoms with van der Waals surface area (Å²) in [5.41, 5.74) is 2.57. The summed E-state index contributed by atoms with van der Waals surface area (Å²) in [4.78, 5) is 0. The van der Waals surface area contributed by atoms with Gasteiger partial charge in [-0.3, -0.25) is 0 Å². The molecule has 1 N–H and O–H groups in total. The maximum atomic E-state index is 11.8. The van der Waals surface area contributed by atoms with Gasteiger partial charge in [0.25, 0.3) is 0 Å². The Balaban J connectivity index is 2.12. The first kappa shape index (κ1) is 8.51. The van der Waals surface area contributed by atoms with E-state index in [2.05, 4.69) is 5.32 Å². The third-order valence-corrected chi connectivity index (χ3v) is 2.15. The van der Waals surface area contributed by atoms with E-state index in [1.807, 2.05) is 18.2 Å². The fourth-order valence-electron chi connectivity index (χ4n) is 1.52. The molecule has 0 amide bonds. The van der Waals surface area contributed by atoms with Crippen LogP contribution in [-0.2, 0) is 13.1 Å². The molecule has 1 aliphatic rings. The molecule has 0 aromatic heterocycles. The van der Waals surface area contributed by atoms with Gasteiger partial charge in [-0.25, -0.2) is 4.39 Å². The highest BCUT2D eigenvalue weighted by atomic mass is 19.1. The molecule has 0 spiro atoms. The van der Waals surface area contributed by atoms with Crippen molar-refractivity contribution in [1.29, 1.82) is 0 Å². The van der Waals surface area contributed by atoms with E-state index in [1.165, 1.54) is 11.1 Å². The van der Waals surface area contributed by atoms with Gasteiger partial charge in [0.15, 0.2) is 0 Å². The summed E-state index contributed by atoms with van der Waals surface area (Å²) in [7, 11) is 0. The summed E-state index contributed by atoms with van der Waals surface area (Å²) >= 11 is 0. The predicted molar refractivity (Wildman–Crippen MR) is 48.5 cm³/mol. The number of nitrogens with one attached hydrogen (secondary N) is 1. The van der Waals surface area contributed by atoms with Crippen LogP contribution in [-0.4, -0.2) is 13.3 Å². The summed E-state index contributed by atoms with van der Waals surface area (Å²) in [5.74, 6) is 0.764. The number of alkyl halides is 1. The first-order valence-electron chi connectivity index (χ1n) is 4.41. The molecule has 13 heavy (non-hydrogen) atoms. The number of ether oxygens (including phenoxy) is 1. The van der Waals surface area contributed by atoms with Crippen LogP contribution in [0, 0.1) is 0 Å². The van der Waals surface area contributed by atoms with Crippen molar-refractivity contribution >= 4 is 0 Å². The summed E-state index contributed by atoms with van der Waals surface area (Å²) in [6.07, 6.45) is 0. The SMILES string of the molecule is FCCOc1ccc2c(c1)CNC2. The van der Waals surface area contributed by atoms with Crippen molar-refractivity contribution in [3.05, 3.63) is 29.3 Å². The number of fused-ring (bicyclic) bond motifs is 1. The van der Waals surface area contributed by atoms with E-state index in [0.717, 1.165) is 18.8 Å². The molecule has 0 atom stereocenters. The molecule has 0 bridgehead atoms. The van der Waals surface area contributed by atoms with Crippen molar-refractivity contribution in [2.24, 2.45) is 0 Å². The fourth-order valence-corrected chi connectivity index (χ4v) is 1.52. The Bertz CT molecular complexity index is 301. The molecule has 1 aromatic rings. The number of hydrogen-bond acceptors (Lipinski definition) is 2. The van der Waals surface area contributed by atoms with Gasteiger partial charge in [0.1, 0.15) is 19.0 Å². The van der Waals surface area contributed by atoms with Crippen LogP contribution in [0.25, 0.3) is 0 Å². The molecule has 0 unspecified atom stereocenters. The monoisotopic (exact) mass is 181 g/mol. The van der Waals surface area contributed by atoms with Crippen LogP contribution in [0.4, 0.5) is 4.39 Å². The fraction of sp³-hybridized carbons (Fsp3) is 0.400. The topological polar surface area (TPSA) is 21.3 Å². The first-order chi connectivity index (χ1) is 6.40. The van der Waals surface area contributed by atoms with E-state index in [-0.39, 0.29) is 6.61 Å². The second-order valence-corrected chi connectivity index (χ2v) is 3.07. The minimum atomic E-state index is -0.435. The second-order valence-electron chi connectivity index (χ2n) is 3.07. The van der Waals surface area contributed by atoms with Crippen molar-refractivity contribution in [3.63, 3.8) is 0 Å². The van der Waals surface area contributed by atoms with Crippen molar-refractivity contribution in [1.82, 2.24) is 5.32 Å². The van der Waals surface area contributed by atoms with Crippen molar-refractivity contribution in [3.8, 4) is 5.75 Å². The highest BCUT2D eigenvalue weighted by Gasteiger charge is 2.09. The molecular formula is C10H12FNO. The number of halogens is 1. The van der Waals surface area contributed by atoms with E-state index in [4.69, 9.17) is 4.74 Å². The number of rotatable bonds is 3. The van der Waals surface area contributed by atoms with Crippen molar-refractivity contribution in [2.45, 2.75) is 13.1 Å². The van der Waals surface area contributed by atoms with E-state index < -0.39 is 6.67 Å².